The van der Waals surface area contributed by atoms with E-state index in [0.29, 0.717) is 28.7 Å². The van der Waals surface area contributed by atoms with Gasteiger partial charge in [0.15, 0.2) is 0 Å². The first-order valence-electron chi connectivity index (χ1n) is 10.2. The fourth-order valence-corrected chi connectivity index (χ4v) is 3.44. The summed E-state index contributed by atoms with van der Waals surface area (Å²) >= 11 is 5.92. The van der Waals surface area contributed by atoms with Crippen molar-refractivity contribution in [2.45, 2.75) is 44.3 Å². The Morgan fingerprint density at radius 2 is 1.67 bits per heavy atom. The predicted octanol–water partition coefficient (Wildman–Crippen LogP) is 3.15. The van der Waals surface area contributed by atoms with E-state index in [1.54, 1.807) is 41.3 Å². The van der Waals surface area contributed by atoms with Gasteiger partial charge in [-0.3, -0.25) is 14.4 Å². The minimum absolute atomic E-state index is 0.0529. The van der Waals surface area contributed by atoms with Gasteiger partial charge in [-0.2, -0.15) is 0 Å². The molecule has 6 nitrogen and oxygen atoms in total. The Morgan fingerprint density at radius 1 is 0.933 bits per heavy atom. The van der Waals surface area contributed by atoms with Crippen LogP contribution in [0.5, 0.6) is 0 Å². The minimum atomic E-state index is -0.326. The quantitative estimate of drug-likeness (QED) is 0.682. The highest BCUT2D eigenvalue weighted by Gasteiger charge is 2.32. The number of nitrogens with zero attached hydrogens (tertiary/aromatic N) is 1. The summed E-state index contributed by atoms with van der Waals surface area (Å²) in [6.07, 6.45) is 4.04. The fraction of sp³-hybridized carbons (Fsp3) is 0.348. The van der Waals surface area contributed by atoms with Gasteiger partial charge >= 0.3 is 0 Å². The van der Waals surface area contributed by atoms with E-state index in [2.05, 4.69) is 10.6 Å². The zero-order valence-electron chi connectivity index (χ0n) is 16.6. The number of hydrogen-bond acceptors (Lipinski definition) is 3. The zero-order valence-corrected chi connectivity index (χ0v) is 17.3. The lowest BCUT2D eigenvalue weighted by molar-refractivity contribution is -0.131. The molecule has 0 heterocycles. The van der Waals surface area contributed by atoms with E-state index >= 15 is 0 Å². The van der Waals surface area contributed by atoms with Gasteiger partial charge in [0.1, 0.15) is 0 Å². The molecule has 2 aromatic rings. The molecule has 2 aromatic carbocycles. The average Bonchev–Trinajstić information content (AvgIpc) is 3.65. The molecular weight excluding hydrogens is 402 g/mol. The summed E-state index contributed by atoms with van der Waals surface area (Å²) in [5, 5.41) is 6.13. The molecule has 0 spiro atoms. The van der Waals surface area contributed by atoms with Gasteiger partial charge in [-0.1, -0.05) is 29.8 Å². The molecule has 2 N–H and O–H groups in total. The first-order chi connectivity index (χ1) is 14.5. The molecule has 0 aliphatic heterocycles. The number of carbonyl (C=O) groups is 3. The van der Waals surface area contributed by atoms with Crippen molar-refractivity contribution >= 4 is 29.3 Å². The van der Waals surface area contributed by atoms with Crippen LogP contribution in [-0.4, -0.2) is 41.2 Å². The molecule has 0 saturated heterocycles. The number of hydrogen-bond donors (Lipinski definition) is 2. The average molecular weight is 426 g/mol. The molecule has 0 atom stereocenters. The van der Waals surface area contributed by atoms with Crippen molar-refractivity contribution in [1.82, 2.24) is 15.5 Å². The molecule has 2 saturated carbocycles. The van der Waals surface area contributed by atoms with Crippen molar-refractivity contribution in [1.29, 1.82) is 0 Å². The van der Waals surface area contributed by atoms with E-state index in [0.717, 1.165) is 31.2 Å². The molecule has 3 amide bonds. The van der Waals surface area contributed by atoms with Crippen molar-refractivity contribution in [3.05, 3.63) is 70.2 Å². The van der Waals surface area contributed by atoms with Crippen LogP contribution >= 0.6 is 11.6 Å². The molecule has 4 rings (SSSR count). The van der Waals surface area contributed by atoms with E-state index in [4.69, 9.17) is 11.6 Å². The highest BCUT2D eigenvalue weighted by Crippen LogP contribution is 2.28. The molecule has 2 fully saturated rings. The van der Waals surface area contributed by atoms with E-state index in [1.807, 2.05) is 12.1 Å². The van der Waals surface area contributed by atoms with E-state index in [-0.39, 0.29) is 30.3 Å². The summed E-state index contributed by atoms with van der Waals surface area (Å²) in [6.45, 7) is 0.394. The molecule has 0 unspecified atom stereocenters. The van der Waals surface area contributed by atoms with Crippen molar-refractivity contribution in [2.75, 3.05) is 6.54 Å². The van der Waals surface area contributed by atoms with Gasteiger partial charge in [0.25, 0.3) is 11.8 Å². The first-order valence-corrected chi connectivity index (χ1v) is 10.6. The van der Waals surface area contributed by atoms with Gasteiger partial charge in [-0.05, 0) is 61.6 Å². The molecule has 2 aliphatic rings. The SMILES string of the molecule is O=C(NCC(=O)N(Cc1ccc(C(=O)NC2CC2)cc1)C1CC1)c1cccc(Cl)c1. The van der Waals surface area contributed by atoms with Crippen LogP contribution in [0, 0.1) is 0 Å². The Morgan fingerprint density at radius 3 is 2.30 bits per heavy atom. The van der Waals surface area contributed by atoms with Crippen LogP contribution in [0.4, 0.5) is 0 Å². The van der Waals surface area contributed by atoms with Gasteiger partial charge in [0, 0.05) is 34.8 Å². The van der Waals surface area contributed by atoms with E-state index in [1.165, 1.54) is 0 Å². The lowest BCUT2D eigenvalue weighted by Crippen LogP contribution is -2.41. The van der Waals surface area contributed by atoms with E-state index in [9.17, 15) is 14.4 Å². The minimum Gasteiger partial charge on any atom is -0.349 e. The number of carbonyl (C=O) groups excluding carboxylic acids is 3. The number of benzene rings is 2. The fourth-order valence-electron chi connectivity index (χ4n) is 3.25. The van der Waals surface area contributed by atoms with Gasteiger partial charge < -0.3 is 15.5 Å². The van der Waals surface area contributed by atoms with E-state index < -0.39 is 0 Å². The standard InChI is InChI=1S/C23H24ClN3O3/c24-18-3-1-2-17(12-18)22(29)25-13-21(28)27(20-10-11-20)14-15-4-6-16(7-5-15)23(30)26-19-8-9-19/h1-7,12,19-20H,8-11,13-14H2,(H,25,29)(H,26,30). The summed E-state index contributed by atoms with van der Waals surface area (Å²) in [5.41, 5.74) is 2.01. The monoisotopic (exact) mass is 425 g/mol. The van der Waals surface area contributed by atoms with Gasteiger partial charge in [-0.15, -0.1) is 0 Å². The maximum absolute atomic E-state index is 12.8. The largest absolute Gasteiger partial charge is 0.349 e. The van der Waals surface area contributed by atoms with Gasteiger partial charge in [0.05, 0.1) is 6.54 Å². The third kappa shape index (κ3) is 5.39. The zero-order chi connectivity index (χ0) is 21.1. The topological polar surface area (TPSA) is 78.5 Å². The van der Waals surface area contributed by atoms with Crippen LogP contribution < -0.4 is 10.6 Å². The van der Waals surface area contributed by atoms with Crippen LogP contribution in [0.25, 0.3) is 0 Å². The third-order valence-corrected chi connectivity index (χ3v) is 5.51. The Labute approximate surface area is 180 Å². The first kappa shape index (κ1) is 20.4. The number of halogens is 1. The summed E-state index contributed by atoms with van der Waals surface area (Å²) in [4.78, 5) is 38.9. The number of nitrogens with one attached hydrogen (secondary N) is 2. The summed E-state index contributed by atoms with van der Waals surface area (Å²) in [6, 6.07) is 14.5. The second-order valence-electron chi connectivity index (χ2n) is 7.89. The van der Waals surface area contributed by atoms with Crippen molar-refractivity contribution in [3.8, 4) is 0 Å². The van der Waals surface area contributed by atoms with Gasteiger partial charge in [-0.25, -0.2) is 0 Å². The maximum Gasteiger partial charge on any atom is 0.251 e. The summed E-state index contributed by atoms with van der Waals surface area (Å²) < 4.78 is 0. The van der Waals surface area contributed by atoms with Crippen molar-refractivity contribution in [3.63, 3.8) is 0 Å². The molecule has 156 valence electrons. The molecular formula is C23H24ClN3O3. The maximum atomic E-state index is 12.8. The molecule has 0 bridgehead atoms. The second-order valence-corrected chi connectivity index (χ2v) is 8.33. The molecule has 2 aliphatic carbocycles. The Kier molecular flexibility index (Phi) is 6.04. The number of rotatable bonds is 8. The normalized spacial score (nSPS) is 15.4. The Balaban J connectivity index is 1.33. The lowest BCUT2D eigenvalue weighted by atomic mass is 10.1. The highest BCUT2D eigenvalue weighted by molar-refractivity contribution is 6.31. The van der Waals surface area contributed by atoms with Crippen molar-refractivity contribution < 1.29 is 14.4 Å². The lowest BCUT2D eigenvalue weighted by Gasteiger charge is -2.23. The van der Waals surface area contributed by atoms with Crippen LogP contribution in [0.15, 0.2) is 48.5 Å². The highest BCUT2D eigenvalue weighted by atomic mass is 35.5. The van der Waals surface area contributed by atoms with Crippen LogP contribution in [-0.2, 0) is 11.3 Å². The third-order valence-electron chi connectivity index (χ3n) is 5.28. The summed E-state index contributed by atoms with van der Waals surface area (Å²) in [5.74, 6) is -0.501. The molecule has 0 radical (unpaired) electrons. The molecule has 0 aromatic heterocycles. The Bertz CT molecular complexity index is 952. The molecule has 7 heteroatoms. The predicted molar refractivity (Wildman–Crippen MR) is 114 cm³/mol. The van der Waals surface area contributed by atoms with Crippen LogP contribution in [0.3, 0.4) is 0 Å². The smallest absolute Gasteiger partial charge is 0.251 e. The molecule has 30 heavy (non-hydrogen) atoms. The Hall–Kier alpha value is -2.86. The number of amides is 3. The van der Waals surface area contributed by atoms with Crippen molar-refractivity contribution in [2.24, 2.45) is 0 Å². The summed E-state index contributed by atoms with van der Waals surface area (Å²) in [7, 11) is 0. The van der Waals surface area contributed by atoms with Gasteiger partial charge in [0.2, 0.25) is 5.91 Å². The van der Waals surface area contributed by atoms with Crippen LogP contribution in [0.2, 0.25) is 5.02 Å². The second kappa shape index (κ2) is 8.88. The van der Waals surface area contributed by atoms with Crippen LogP contribution in [0.1, 0.15) is 52.0 Å².